The van der Waals surface area contributed by atoms with Gasteiger partial charge in [0, 0.05) is 45.8 Å². The Bertz CT molecular complexity index is 459. The summed E-state index contributed by atoms with van der Waals surface area (Å²) in [4.78, 5) is 41.1. The van der Waals surface area contributed by atoms with E-state index in [-0.39, 0.29) is 6.09 Å². The lowest BCUT2D eigenvalue weighted by molar-refractivity contribution is -0.146. The van der Waals surface area contributed by atoms with E-state index in [0.29, 0.717) is 39.3 Å². The van der Waals surface area contributed by atoms with E-state index < -0.39 is 11.8 Å². The summed E-state index contributed by atoms with van der Waals surface area (Å²) in [5, 5.41) is 2.68. The Morgan fingerprint density at radius 2 is 1.64 bits per heavy atom. The van der Waals surface area contributed by atoms with Gasteiger partial charge in [0.05, 0.1) is 19.8 Å². The molecule has 0 radical (unpaired) electrons. The number of carbonyl (C=O) groups excluding carboxylic acids is 3. The zero-order chi connectivity index (χ0) is 18.1. The summed E-state index contributed by atoms with van der Waals surface area (Å²) in [6.07, 6.45) is 0.428. The molecule has 0 atom stereocenters. The van der Waals surface area contributed by atoms with Gasteiger partial charge in [-0.1, -0.05) is 0 Å². The predicted molar refractivity (Wildman–Crippen MR) is 90.1 cm³/mol. The van der Waals surface area contributed by atoms with Crippen molar-refractivity contribution >= 4 is 17.9 Å². The van der Waals surface area contributed by atoms with Gasteiger partial charge in [0.2, 0.25) is 0 Å². The first-order chi connectivity index (χ1) is 12.1. The molecule has 2 fully saturated rings. The molecular formula is C16H28N4O5. The molecule has 142 valence electrons. The fraction of sp³-hybridized carbons (Fsp3) is 0.812. The summed E-state index contributed by atoms with van der Waals surface area (Å²) in [7, 11) is 0. The van der Waals surface area contributed by atoms with E-state index in [1.54, 1.807) is 11.8 Å². The molecule has 9 heteroatoms. The van der Waals surface area contributed by atoms with E-state index in [1.165, 1.54) is 4.90 Å². The van der Waals surface area contributed by atoms with Crippen LogP contribution in [0.25, 0.3) is 0 Å². The first kappa shape index (κ1) is 19.5. The number of hydrogen-bond donors (Lipinski definition) is 1. The Balaban J connectivity index is 1.61. The zero-order valence-corrected chi connectivity index (χ0v) is 14.9. The van der Waals surface area contributed by atoms with Crippen LogP contribution in [0.4, 0.5) is 4.79 Å². The Hall–Kier alpha value is -1.87. The molecule has 2 aliphatic heterocycles. The van der Waals surface area contributed by atoms with Gasteiger partial charge >= 0.3 is 17.9 Å². The largest absolute Gasteiger partial charge is 0.450 e. The van der Waals surface area contributed by atoms with Crippen LogP contribution in [0, 0.1) is 0 Å². The van der Waals surface area contributed by atoms with E-state index in [2.05, 4.69) is 10.2 Å². The second-order valence-electron chi connectivity index (χ2n) is 6.04. The van der Waals surface area contributed by atoms with Crippen LogP contribution in [0.3, 0.4) is 0 Å². The second kappa shape index (κ2) is 10.2. The number of ether oxygens (including phenoxy) is 2. The van der Waals surface area contributed by atoms with Gasteiger partial charge in [-0.15, -0.1) is 0 Å². The van der Waals surface area contributed by atoms with Crippen molar-refractivity contribution in [3.8, 4) is 0 Å². The number of rotatable bonds is 5. The Morgan fingerprint density at radius 1 is 1.00 bits per heavy atom. The maximum absolute atomic E-state index is 12.1. The Labute approximate surface area is 148 Å². The smallest absolute Gasteiger partial charge is 0.409 e. The van der Waals surface area contributed by atoms with Crippen molar-refractivity contribution < 1.29 is 23.9 Å². The molecule has 0 spiro atoms. The third kappa shape index (κ3) is 6.17. The van der Waals surface area contributed by atoms with E-state index in [9.17, 15) is 14.4 Å². The van der Waals surface area contributed by atoms with Crippen molar-refractivity contribution in [3.05, 3.63) is 0 Å². The highest BCUT2D eigenvalue weighted by Gasteiger charge is 2.28. The molecule has 0 aromatic carbocycles. The van der Waals surface area contributed by atoms with E-state index in [1.807, 2.05) is 0 Å². The molecule has 2 aliphatic rings. The summed E-state index contributed by atoms with van der Waals surface area (Å²) in [5.41, 5.74) is 0. The molecule has 3 amide bonds. The first-order valence-corrected chi connectivity index (χ1v) is 8.90. The quantitative estimate of drug-likeness (QED) is 0.508. The van der Waals surface area contributed by atoms with Crippen molar-refractivity contribution in [1.29, 1.82) is 0 Å². The van der Waals surface area contributed by atoms with Crippen LogP contribution in [0.2, 0.25) is 0 Å². The van der Waals surface area contributed by atoms with Gasteiger partial charge < -0.3 is 24.6 Å². The van der Waals surface area contributed by atoms with E-state index >= 15 is 0 Å². The molecule has 0 aliphatic carbocycles. The highest BCUT2D eigenvalue weighted by Crippen LogP contribution is 2.04. The second-order valence-corrected chi connectivity index (χ2v) is 6.04. The summed E-state index contributed by atoms with van der Waals surface area (Å²) in [6.45, 7) is 8.23. The average molecular weight is 356 g/mol. The average Bonchev–Trinajstić information content (AvgIpc) is 2.65. The van der Waals surface area contributed by atoms with Crippen molar-refractivity contribution in [3.63, 3.8) is 0 Å². The van der Waals surface area contributed by atoms with Crippen LogP contribution >= 0.6 is 0 Å². The molecule has 0 aromatic heterocycles. The Kier molecular flexibility index (Phi) is 7.93. The molecule has 1 N–H and O–H groups in total. The van der Waals surface area contributed by atoms with Gasteiger partial charge in [-0.25, -0.2) is 4.79 Å². The molecule has 0 aromatic rings. The molecule has 0 saturated carbocycles. The van der Waals surface area contributed by atoms with E-state index in [0.717, 1.165) is 39.3 Å². The number of amides is 3. The van der Waals surface area contributed by atoms with Crippen molar-refractivity contribution in [1.82, 2.24) is 20.0 Å². The molecule has 2 rings (SSSR count). The SMILES string of the molecule is CCOC(=O)N1CCN(C(=O)C(=O)NCCCN2CCOCC2)CC1. The van der Waals surface area contributed by atoms with Gasteiger partial charge in [-0.3, -0.25) is 14.5 Å². The number of piperazine rings is 1. The predicted octanol–water partition coefficient (Wildman–Crippen LogP) is -0.874. The first-order valence-electron chi connectivity index (χ1n) is 8.90. The van der Waals surface area contributed by atoms with Crippen molar-refractivity contribution in [2.24, 2.45) is 0 Å². The van der Waals surface area contributed by atoms with Crippen molar-refractivity contribution in [2.45, 2.75) is 13.3 Å². The lowest BCUT2D eigenvalue weighted by Gasteiger charge is -2.33. The number of hydrogen-bond acceptors (Lipinski definition) is 6. The standard InChI is InChI=1S/C16H28N4O5/c1-2-25-16(23)20-8-6-19(7-9-20)15(22)14(21)17-4-3-5-18-10-12-24-13-11-18/h2-13H2,1H3,(H,17,21). The fourth-order valence-corrected chi connectivity index (χ4v) is 2.86. The van der Waals surface area contributed by atoms with Crippen LogP contribution in [0.5, 0.6) is 0 Å². The van der Waals surface area contributed by atoms with Crippen LogP contribution in [0.1, 0.15) is 13.3 Å². The third-order valence-corrected chi connectivity index (χ3v) is 4.33. The minimum Gasteiger partial charge on any atom is -0.450 e. The molecule has 0 unspecified atom stereocenters. The van der Waals surface area contributed by atoms with Crippen molar-refractivity contribution in [2.75, 3.05) is 72.2 Å². The lowest BCUT2D eigenvalue weighted by atomic mass is 10.3. The van der Waals surface area contributed by atoms with Gasteiger partial charge in [0.25, 0.3) is 0 Å². The molecule has 0 bridgehead atoms. The minimum atomic E-state index is -0.577. The summed E-state index contributed by atoms with van der Waals surface area (Å²) in [5.74, 6) is -1.11. The highest BCUT2D eigenvalue weighted by atomic mass is 16.6. The lowest BCUT2D eigenvalue weighted by Crippen LogP contribution is -2.54. The van der Waals surface area contributed by atoms with Crippen LogP contribution in [0.15, 0.2) is 0 Å². The van der Waals surface area contributed by atoms with Crippen LogP contribution in [-0.4, -0.2) is 105 Å². The maximum atomic E-state index is 12.1. The van der Waals surface area contributed by atoms with Gasteiger partial charge in [0.15, 0.2) is 0 Å². The van der Waals surface area contributed by atoms with E-state index in [4.69, 9.17) is 9.47 Å². The normalized spacial score (nSPS) is 18.8. The van der Waals surface area contributed by atoms with Gasteiger partial charge in [-0.05, 0) is 19.9 Å². The van der Waals surface area contributed by atoms with Crippen LogP contribution < -0.4 is 5.32 Å². The molecule has 9 nitrogen and oxygen atoms in total. The fourth-order valence-electron chi connectivity index (χ4n) is 2.86. The maximum Gasteiger partial charge on any atom is 0.409 e. The monoisotopic (exact) mass is 356 g/mol. The number of nitrogens with zero attached hydrogens (tertiary/aromatic N) is 3. The van der Waals surface area contributed by atoms with Gasteiger partial charge in [0.1, 0.15) is 0 Å². The number of carbonyl (C=O) groups is 3. The summed E-state index contributed by atoms with van der Waals surface area (Å²) in [6, 6.07) is 0. The summed E-state index contributed by atoms with van der Waals surface area (Å²) >= 11 is 0. The molecule has 25 heavy (non-hydrogen) atoms. The zero-order valence-electron chi connectivity index (χ0n) is 14.9. The molecule has 2 heterocycles. The topological polar surface area (TPSA) is 91.4 Å². The summed E-state index contributed by atoms with van der Waals surface area (Å²) < 4.78 is 10.2. The molecule has 2 saturated heterocycles. The van der Waals surface area contributed by atoms with Crippen LogP contribution in [-0.2, 0) is 19.1 Å². The minimum absolute atomic E-state index is 0.324. The van der Waals surface area contributed by atoms with Gasteiger partial charge in [-0.2, -0.15) is 0 Å². The number of nitrogens with one attached hydrogen (secondary N) is 1. The highest BCUT2D eigenvalue weighted by molar-refractivity contribution is 6.35. The third-order valence-electron chi connectivity index (χ3n) is 4.33. The Morgan fingerprint density at radius 3 is 2.28 bits per heavy atom. The molecular weight excluding hydrogens is 328 g/mol. The number of morpholine rings is 1.